The molecule has 0 atom stereocenters. The van der Waals surface area contributed by atoms with Crippen LogP contribution in [0.3, 0.4) is 0 Å². The number of carboxylic acid groups (broad SMARTS) is 1. The number of rotatable bonds is 5. The maximum atomic E-state index is 11.8. The molecule has 3 N–H and O–H groups in total. The summed E-state index contributed by atoms with van der Waals surface area (Å²) in [4.78, 5) is 22.8. The molecule has 5 nitrogen and oxygen atoms in total. The number of carbonyl (C=O) groups is 2. The van der Waals surface area contributed by atoms with Crippen LogP contribution in [0.5, 0.6) is 0 Å². The van der Waals surface area contributed by atoms with Crippen molar-refractivity contribution in [3.05, 3.63) is 58.4 Å². The topological polar surface area (TPSA) is 85.3 Å². The fourth-order valence-corrected chi connectivity index (χ4v) is 2.42. The molecule has 0 aliphatic heterocycles. The summed E-state index contributed by atoms with van der Waals surface area (Å²) in [6.45, 7) is 4.30. The third-order valence-electron chi connectivity index (χ3n) is 3.57. The van der Waals surface area contributed by atoms with Crippen molar-refractivity contribution in [1.29, 1.82) is 0 Å². The number of nitrogens with two attached hydrogens (primary N) is 1. The molecular formula is C16H18N2O3. The lowest BCUT2D eigenvalue weighted by Crippen LogP contribution is -2.14. The Hall–Kier alpha value is -2.40. The van der Waals surface area contributed by atoms with Crippen molar-refractivity contribution in [1.82, 2.24) is 4.57 Å². The fourth-order valence-electron chi connectivity index (χ4n) is 2.42. The second-order valence-electron chi connectivity index (χ2n) is 5.00. The first-order chi connectivity index (χ1) is 9.93. The first kappa shape index (κ1) is 15.0. The van der Waals surface area contributed by atoms with Gasteiger partial charge in [0.25, 0.3) is 0 Å². The molecule has 0 bridgehead atoms. The van der Waals surface area contributed by atoms with Gasteiger partial charge in [-0.25, -0.2) is 4.79 Å². The average Bonchev–Trinajstić information content (AvgIpc) is 2.75. The smallest absolute Gasteiger partial charge is 0.335 e. The molecule has 0 saturated carbocycles. The van der Waals surface area contributed by atoms with E-state index in [9.17, 15) is 9.59 Å². The van der Waals surface area contributed by atoms with Crippen molar-refractivity contribution < 1.29 is 14.7 Å². The van der Waals surface area contributed by atoms with E-state index >= 15 is 0 Å². The molecule has 0 unspecified atom stereocenters. The van der Waals surface area contributed by atoms with Gasteiger partial charge in [-0.15, -0.1) is 0 Å². The molecule has 2 aromatic rings. The highest BCUT2D eigenvalue weighted by atomic mass is 16.4. The molecule has 0 saturated heterocycles. The number of nitrogens with zero attached hydrogens (tertiary/aromatic N) is 1. The van der Waals surface area contributed by atoms with Crippen LogP contribution < -0.4 is 5.73 Å². The Labute approximate surface area is 123 Å². The Morgan fingerprint density at radius 1 is 1.24 bits per heavy atom. The van der Waals surface area contributed by atoms with Gasteiger partial charge in [0.15, 0.2) is 5.78 Å². The summed E-state index contributed by atoms with van der Waals surface area (Å²) < 4.78 is 1.99. The van der Waals surface area contributed by atoms with Gasteiger partial charge in [0.2, 0.25) is 0 Å². The van der Waals surface area contributed by atoms with E-state index in [1.807, 2.05) is 30.5 Å². The van der Waals surface area contributed by atoms with Crippen LogP contribution in [0.4, 0.5) is 0 Å². The van der Waals surface area contributed by atoms with Crippen LogP contribution in [0.2, 0.25) is 0 Å². The zero-order valence-electron chi connectivity index (χ0n) is 12.1. The Morgan fingerprint density at radius 2 is 1.95 bits per heavy atom. The molecule has 110 valence electrons. The molecule has 21 heavy (non-hydrogen) atoms. The highest BCUT2D eigenvalue weighted by molar-refractivity contribution is 5.98. The van der Waals surface area contributed by atoms with Gasteiger partial charge in [-0.2, -0.15) is 0 Å². The van der Waals surface area contributed by atoms with Crippen molar-refractivity contribution in [3.63, 3.8) is 0 Å². The van der Waals surface area contributed by atoms with Crippen molar-refractivity contribution in [3.8, 4) is 0 Å². The number of hydrogen-bond acceptors (Lipinski definition) is 3. The molecule has 1 aromatic heterocycles. The largest absolute Gasteiger partial charge is 0.478 e. The van der Waals surface area contributed by atoms with Gasteiger partial charge >= 0.3 is 5.97 Å². The maximum Gasteiger partial charge on any atom is 0.335 e. The SMILES string of the molecule is Cc1cc(C(=O)CN)c(C)n1Cc1cccc(C(=O)O)c1. The third-order valence-corrected chi connectivity index (χ3v) is 3.57. The lowest BCUT2D eigenvalue weighted by molar-refractivity contribution is 0.0696. The quantitative estimate of drug-likeness (QED) is 0.823. The number of hydrogen-bond donors (Lipinski definition) is 2. The summed E-state index contributed by atoms with van der Waals surface area (Å²) in [7, 11) is 0. The Kier molecular flexibility index (Phi) is 4.23. The lowest BCUT2D eigenvalue weighted by atomic mass is 10.1. The van der Waals surface area contributed by atoms with Crippen molar-refractivity contribution in [2.45, 2.75) is 20.4 Å². The molecule has 0 fully saturated rings. The number of aromatic carboxylic acids is 1. The van der Waals surface area contributed by atoms with Crippen molar-refractivity contribution in [2.24, 2.45) is 5.73 Å². The van der Waals surface area contributed by atoms with Crippen molar-refractivity contribution in [2.75, 3.05) is 6.54 Å². The Morgan fingerprint density at radius 3 is 2.57 bits per heavy atom. The summed E-state index contributed by atoms with van der Waals surface area (Å²) in [6, 6.07) is 8.62. The number of aryl methyl sites for hydroxylation is 1. The predicted molar refractivity (Wildman–Crippen MR) is 79.8 cm³/mol. The summed E-state index contributed by atoms with van der Waals surface area (Å²) in [5, 5.41) is 9.03. The van der Waals surface area contributed by atoms with E-state index < -0.39 is 5.97 Å². The molecule has 0 spiro atoms. The maximum absolute atomic E-state index is 11.8. The normalized spacial score (nSPS) is 10.6. The minimum absolute atomic E-state index is 0.0151. The van der Waals surface area contributed by atoms with Crippen molar-refractivity contribution >= 4 is 11.8 Å². The van der Waals surface area contributed by atoms with E-state index in [1.54, 1.807) is 18.2 Å². The number of carbonyl (C=O) groups excluding carboxylic acids is 1. The molecule has 1 heterocycles. The van der Waals surface area contributed by atoms with E-state index in [0.717, 1.165) is 17.0 Å². The number of benzene rings is 1. The lowest BCUT2D eigenvalue weighted by Gasteiger charge is -2.10. The second kappa shape index (κ2) is 5.93. The third kappa shape index (κ3) is 3.03. The monoisotopic (exact) mass is 286 g/mol. The standard InChI is InChI=1S/C16H18N2O3/c1-10-6-14(15(19)8-17)11(2)18(10)9-12-4-3-5-13(7-12)16(20)21/h3-7H,8-9,17H2,1-2H3,(H,20,21). The summed E-state index contributed by atoms with van der Waals surface area (Å²) in [5.74, 6) is -1.04. The highest BCUT2D eigenvalue weighted by Gasteiger charge is 2.14. The summed E-state index contributed by atoms with van der Waals surface area (Å²) >= 11 is 0. The Bertz CT molecular complexity index is 702. The minimum Gasteiger partial charge on any atom is -0.478 e. The van der Waals surface area contributed by atoms with Crippen LogP contribution in [-0.2, 0) is 6.54 Å². The molecule has 5 heteroatoms. The second-order valence-corrected chi connectivity index (χ2v) is 5.00. The van der Waals surface area contributed by atoms with Gasteiger partial charge < -0.3 is 15.4 Å². The van der Waals surface area contributed by atoms with Crippen LogP contribution in [-0.4, -0.2) is 28.0 Å². The van der Waals surface area contributed by atoms with E-state index in [1.165, 1.54) is 0 Å². The zero-order chi connectivity index (χ0) is 15.6. The molecule has 0 radical (unpaired) electrons. The average molecular weight is 286 g/mol. The van der Waals surface area contributed by atoms with E-state index in [2.05, 4.69) is 0 Å². The minimum atomic E-state index is -0.947. The van der Waals surface area contributed by atoms with Gasteiger partial charge in [0.05, 0.1) is 12.1 Å². The van der Waals surface area contributed by atoms with E-state index in [4.69, 9.17) is 10.8 Å². The summed E-state index contributed by atoms with van der Waals surface area (Å²) in [6.07, 6.45) is 0. The number of aromatic nitrogens is 1. The Balaban J connectivity index is 2.36. The molecule has 0 aliphatic rings. The summed E-state index contributed by atoms with van der Waals surface area (Å²) in [5.41, 5.74) is 8.98. The molecule has 2 rings (SSSR count). The van der Waals surface area contributed by atoms with Crippen LogP contribution >= 0.6 is 0 Å². The number of carboxylic acids is 1. The van der Waals surface area contributed by atoms with Gasteiger partial charge in [0.1, 0.15) is 0 Å². The molecular weight excluding hydrogens is 268 g/mol. The zero-order valence-corrected chi connectivity index (χ0v) is 12.1. The first-order valence-electron chi connectivity index (χ1n) is 6.66. The van der Waals surface area contributed by atoms with Crippen LogP contribution in [0.1, 0.15) is 37.7 Å². The molecule has 1 aromatic carbocycles. The highest BCUT2D eigenvalue weighted by Crippen LogP contribution is 2.18. The first-order valence-corrected chi connectivity index (χ1v) is 6.66. The van der Waals surface area contributed by atoms with Gasteiger partial charge in [-0.1, -0.05) is 12.1 Å². The number of Topliss-reactive ketones (excluding diaryl/α,β-unsaturated/α-hetero) is 1. The number of ketones is 1. The van der Waals surface area contributed by atoms with Gasteiger partial charge in [-0.3, -0.25) is 4.79 Å². The van der Waals surface area contributed by atoms with Gasteiger partial charge in [0, 0.05) is 23.5 Å². The van der Waals surface area contributed by atoms with Crippen LogP contribution in [0.25, 0.3) is 0 Å². The fraction of sp³-hybridized carbons (Fsp3) is 0.250. The molecule has 0 amide bonds. The van der Waals surface area contributed by atoms with E-state index in [-0.39, 0.29) is 17.9 Å². The van der Waals surface area contributed by atoms with Crippen LogP contribution in [0, 0.1) is 13.8 Å². The van der Waals surface area contributed by atoms with Gasteiger partial charge in [-0.05, 0) is 37.6 Å². The predicted octanol–water partition coefficient (Wildman–Crippen LogP) is 1.99. The molecule has 0 aliphatic carbocycles. The van der Waals surface area contributed by atoms with Crippen LogP contribution in [0.15, 0.2) is 30.3 Å². The van der Waals surface area contributed by atoms with E-state index in [0.29, 0.717) is 12.1 Å².